The standard InChI is InChI=1S/C19H23N3O4/c1-2-15-7-9-20-21-19(15)26-17-8-10-22(11-17)18(24)13-25-16-5-3-14(12-23)4-6-16/h3-7,9,17,23H,2,8,10-13H2,1H3. The van der Waals surface area contributed by atoms with E-state index in [2.05, 4.69) is 10.2 Å². The molecule has 0 saturated carbocycles. The van der Waals surface area contributed by atoms with Crippen LogP contribution in [0.3, 0.4) is 0 Å². The second kappa shape index (κ2) is 8.62. The van der Waals surface area contributed by atoms with E-state index in [1.54, 1.807) is 35.4 Å². The number of ether oxygens (including phenoxy) is 2. The Morgan fingerprint density at radius 3 is 2.85 bits per heavy atom. The molecule has 0 radical (unpaired) electrons. The smallest absolute Gasteiger partial charge is 0.260 e. The Morgan fingerprint density at radius 1 is 1.31 bits per heavy atom. The molecule has 1 aliphatic heterocycles. The minimum Gasteiger partial charge on any atom is -0.484 e. The van der Waals surface area contributed by atoms with Crippen molar-refractivity contribution >= 4 is 5.91 Å². The molecule has 1 saturated heterocycles. The van der Waals surface area contributed by atoms with Crippen LogP contribution < -0.4 is 9.47 Å². The highest BCUT2D eigenvalue weighted by Crippen LogP contribution is 2.20. The first-order valence-corrected chi connectivity index (χ1v) is 8.77. The fourth-order valence-electron chi connectivity index (χ4n) is 2.85. The second-order valence-electron chi connectivity index (χ2n) is 6.17. The quantitative estimate of drug-likeness (QED) is 0.810. The van der Waals surface area contributed by atoms with Crippen LogP contribution in [0.15, 0.2) is 36.5 Å². The topological polar surface area (TPSA) is 84.8 Å². The average molecular weight is 357 g/mol. The molecule has 1 aromatic carbocycles. The van der Waals surface area contributed by atoms with E-state index in [9.17, 15) is 4.79 Å². The first-order valence-electron chi connectivity index (χ1n) is 8.77. The van der Waals surface area contributed by atoms with Crippen molar-refractivity contribution in [1.82, 2.24) is 15.1 Å². The number of aliphatic hydroxyl groups excluding tert-OH is 1. The minimum atomic E-state index is -0.0789. The number of carbonyl (C=O) groups is 1. The Hall–Kier alpha value is -2.67. The van der Waals surface area contributed by atoms with Crippen molar-refractivity contribution < 1.29 is 19.4 Å². The largest absolute Gasteiger partial charge is 0.484 e. The maximum atomic E-state index is 12.3. The van der Waals surface area contributed by atoms with E-state index >= 15 is 0 Å². The van der Waals surface area contributed by atoms with Crippen LogP contribution in [0.1, 0.15) is 24.5 Å². The van der Waals surface area contributed by atoms with Crippen molar-refractivity contribution in [2.75, 3.05) is 19.7 Å². The number of aliphatic hydroxyl groups is 1. The Kier molecular flexibility index (Phi) is 6.01. The number of amides is 1. The van der Waals surface area contributed by atoms with E-state index in [0.717, 1.165) is 24.0 Å². The molecule has 138 valence electrons. The van der Waals surface area contributed by atoms with Crippen LogP contribution in [0.2, 0.25) is 0 Å². The van der Waals surface area contributed by atoms with Crippen molar-refractivity contribution in [2.24, 2.45) is 0 Å². The Bertz CT molecular complexity index is 736. The van der Waals surface area contributed by atoms with Gasteiger partial charge in [-0.25, -0.2) is 0 Å². The van der Waals surface area contributed by atoms with Crippen LogP contribution in [-0.4, -0.2) is 51.9 Å². The number of aryl methyl sites for hydroxylation is 1. The predicted molar refractivity (Wildman–Crippen MR) is 94.9 cm³/mol. The van der Waals surface area contributed by atoms with Crippen molar-refractivity contribution in [3.8, 4) is 11.6 Å². The van der Waals surface area contributed by atoms with Crippen LogP contribution in [-0.2, 0) is 17.8 Å². The molecule has 1 N–H and O–H groups in total. The zero-order valence-corrected chi connectivity index (χ0v) is 14.8. The number of nitrogens with zero attached hydrogens (tertiary/aromatic N) is 3. The maximum Gasteiger partial charge on any atom is 0.260 e. The molecule has 1 fully saturated rings. The van der Waals surface area contributed by atoms with E-state index in [0.29, 0.717) is 24.7 Å². The van der Waals surface area contributed by atoms with E-state index < -0.39 is 0 Å². The number of carbonyl (C=O) groups excluding carboxylic acids is 1. The maximum absolute atomic E-state index is 12.3. The highest BCUT2D eigenvalue weighted by Gasteiger charge is 2.28. The van der Waals surface area contributed by atoms with Gasteiger partial charge in [0.2, 0.25) is 5.88 Å². The number of rotatable bonds is 7. The fourth-order valence-corrected chi connectivity index (χ4v) is 2.85. The summed E-state index contributed by atoms with van der Waals surface area (Å²) in [7, 11) is 0. The lowest BCUT2D eigenvalue weighted by Crippen LogP contribution is -2.34. The lowest BCUT2D eigenvalue weighted by atomic mass is 10.2. The van der Waals surface area contributed by atoms with Gasteiger partial charge in [0.15, 0.2) is 6.61 Å². The summed E-state index contributed by atoms with van der Waals surface area (Å²) in [6, 6.07) is 8.93. The number of benzene rings is 1. The molecule has 26 heavy (non-hydrogen) atoms. The van der Waals surface area contributed by atoms with Gasteiger partial charge in [-0.3, -0.25) is 4.79 Å². The Morgan fingerprint density at radius 2 is 2.12 bits per heavy atom. The molecular weight excluding hydrogens is 334 g/mol. The summed E-state index contributed by atoms with van der Waals surface area (Å²) in [6.45, 7) is 3.17. The summed E-state index contributed by atoms with van der Waals surface area (Å²) >= 11 is 0. The monoisotopic (exact) mass is 357 g/mol. The van der Waals surface area contributed by atoms with Gasteiger partial charge in [0.25, 0.3) is 5.91 Å². The first kappa shape index (κ1) is 18.1. The lowest BCUT2D eigenvalue weighted by molar-refractivity contribution is -0.132. The van der Waals surface area contributed by atoms with Crippen molar-refractivity contribution in [3.63, 3.8) is 0 Å². The molecule has 7 nitrogen and oxygen atoms in total. The fraction of sp³-hybridized carbons (Fsp3) is 0.421. The number of likely N-dealkylation sites (tertiary alicyclic amines) is 1. The highest BCUT2D eigenvalue weighted by molar-refractivity contribution is 5.78. The molecule has 1 unspecified atom stereocenters. The van der Waals surface area contributed by atoms with Gasteiger partial charge >= 0.3 is 0 Å². The van der Waals surface area contributed by atoms with Gasteiger partial charge in [-0.2, -0.15) is 5.10 Å². The van der Waals surface area contributed by atoms with Crippen LogP contribution in [0.25, 0.3) is 0 Å². The van der Waals surface area contributed by atoms with Crippen LogP contribution >= 0.6 is 0 Å². The van der Waals surface area contributed by atoms with E-state index in [1.807, 2.05) is 13.0 Å². The minimum absolute atomic E-state index is 0.0140. The van der Waals surface area contributed by atoms with Crippen LogP contribution in [0, 0.1) is 0 Å². The van der Waals surface area contributed by atoms with Gasteiger partial charge < -0.3 is 19.5 Å². The first-order chi connectivity index (χ1) is 12.7. The molecular formula is C19H23N3O4. The number of hydrogen-bond donors (Lipinski definition) is 1. The molecule has 0 spiro atoms. The third-order valence-electron chi connectivity index (χ3n) is 4.39. The normalized spacial score (nSPS) is 16.5. The molecule has 1 amide bonds. The summed E-state index contributed by atoms with van der Waals surface area (Å²) in [5, 5.41) is 17.0. The number of hydrogen-bond acceptors (Lipinski definition) is 6. The van der Waals surface area contributed by atoms with Gasteiger partial charge in [-0.1, -0.05) is 19.1 Å². The Balaban J connectivity index is 1.49. The molecule has 1 atom stereocenters. The van der Waals surface area contributed by atoms with Crippen LogP contribution in [0.5, 0.6) is 11.6 Å². The van der Waals surface area contributed by atoms with Crippen molar-refractivity contribution in [3.05, 3.63) is 47.7 Å². The third kappa shape index (κ3) is 4.49. The summed E-state index contributed by atoms with van der Waals surface area (Å²) in [6.07, 6.45) is 3.16. The molecule has 2 heterocycles. The van der Waals surface area contributed by atoms with Crippen LogP contribution in [0.4, 0.5) is 0 Å². The lowest BCUT2D eigenvalue weighted by Gasteiger charge is -2.18. The summed E-state index contributed by atoms with van der Waals surface area (Å²) < 4.78 is 11.5. The molecule has 1 aromatic heterocycles. The van der Waals surface area contributed by atoms with Gasteiger partial charge in [0.05, 0.1) is 19.3 Å². The van der Waals surface area contributed by atoms with Crippen molar-refractivity contribution in [1.29, 1.82) is 0 Å². The van der Waals surface area contributed by atoms with E-state index in [4.69, 9.17) is 14.6 Å². The average Bonchev–Trinajstić information content (AvgIpc) is 3.15. The second-order valence-corrected chi connectivity index (χ2v) is 6.17. The molecule has 0 bridgehead atoms. The van der Waals surface area contributed by atoms with Gasteiger partial charge in [0, 0.05) is 18.5 Å². The van der Waals surface area contributed by atoms with Gasteiger partial charge in [-0.05, 0) is 30.2 Å². The third-order valence-corrected chi connectivity index (χ3v) is 4.39. The summed E-state index contributed by atoms with van der Waals surface area (Å²) in [5.41, 5.74) is 1.82. The van der Waals surface area contributed by atoms with E-state index in [-0.39, 0.29) is 25.2 Å². The molecule has 1 aliphatic rings. The number of aromatic nitrogens is 2. The summed E-state index contributed by atoms with van der Waals surface area (Å²) in [5.74, 6) is 1.08. The zero-order chi connectivity index (χ0) is 18.4. The predicted octanol–water partition coefficient (Wildman–Crippen LogP) is 1.59. The molecule has 7 heteroatoms. The molecule has 2 aromatic rings. The molecule has 0 aliphatic carbocycles. The van der Waals surface area contributed by atoms with Crippen molar-refractivity contribution in [2.45, 2.75) is 32.5 Å². The Labute approximate surface area is 152 Å². The SMILES string of the molecule is CCc1ccnnc1OC1CCN(C(=O)COc2ccc(CO)cc2)C1. The molecule has 3 rings (SSSR count). The summed E-state index contributed by atoms with van der Waals surface area (Å²) in [4.78, 5) is 14.1. The zero-order valence-electron chi connectivity index (χ0n) is 14.8. The van der Waals surface area contributed by atoms with Gasteiger partial charge in [-0.15, -0.1) is 5.10 Å². The van der Waals surface area contributed by atoms with Gasteiger partial charge in [0.1, 0.15) is 11.9 Å². The highest BCUT2D eigenvalue weighted by atomic mass is 16.5. The van der Waals surface area contributed by atoms with E-state index in [1.165, 1.54) is 0 Å².